The monoisotopic (exact) mass is 267 g/mol. The first-order valence-electron chi connectivity index (χ1n) is 7.44. The van der Waals surface area contributed by atoms with E-state index in [0.717, 1.165) is 0 Å². The lowest BCUT2D eigenvalue weighted by Gasteiger charge is -2.15. The highest BCUT2D eigenvalue weighted by molar-refractivity contribution is 5.79. The van der Waals surface area contributed by atoms with Gasteiger partial charge in [-0.15, -0.1) is 0 Å². The second-order valence-corrected chi connectivity index (χ2v) is 5.99. The molecular weight excluding hydrogens is 244 g/mol. The molecule has 104 valence electrons. The van der Waals surface area contributed by atoms with E-state index in [4.69, 9.17) is 0 Å². The zero-order valence-corrected chi connectivity index (χ0v) is 12.9. The first-order chi connectivity index (χ1) is 9.58. The van der Waals surface area contributed by atoms with E-state index in [1.807, 2.05) is 0 Å². The molecule has 2 aliphatic rings. The molecule has 0 spiro atoms. The van der Waals surface area contributed by atoms with Gasteiger partial charge in [-0.05, 0) is 69.7 Å². The fourth-order valence-electron chi connectivity index (χ4n) is 3.07. The van der Waals surface area contributed by atoms with E-state index in [0.29, 0.717) is 0 Å². The molecule has 0 unspecified atom stereocenters. The lowest BCUT2D eigenvalue weighted by atomic mass is 9.89. The summed E-state index contributed by atoms with van der Waals surface area (Å²) in [7, 11) is 0. The van der Waals surface area contributed by atoms with Crippen molar-refractivity contribution < 1.29 is 4.99 Å². The molecule has 2 heterocycles. The van der Waals surface area contributed by atoms with Crippen molar-refractivity contribution in [3.63, 3.8) is 0 Å². The zero-order chi connectivity index (χ0) is 14.3. The van der Waals surface area contributed by atoms with E-state index in [1.165, 1.54) is 64.1 Å². The van der Waals surface area contributed by atoms with Crippen molar-refractivity contribution in [3.8, 4) is 0 Å². The van der Waals surface area contributed by atoms with Gasteiger partial charge in [0.25, 0.3) is 0 Å². The Hall–Kier alpha value is -1.83. The summed E-state index contributed by atoms with van der Waals surface area (Å²) in [6, 6.07) is 0. The second kappa shape index (κ2) is 4.93. The molecule has 1 aliphatic carbocycles. The molecule has 2 nitrogen and oxygen atoms in total. The summed E-state index contributed by atoms with van der Waals surface area (Å²) in [5, 5.41) is 0. The summed E-state index contributed by atoms with van der Waals surface area (Å²) in [6.07, 6.45) is 10.2. The minimum Gasteiger partial charge on any atom is -0.361 e. The zero-order valence-electron chi connectivity index (χ0n) is 12.9. The third-order valence-corrected chi connectivity index (χ3v) is 4.68. The van der Waals surface area contributed by atoms with E-state index in [-0.39, 0.29) is 0 Å². The lowest BCUT2D eigenvalue weighted by molar-refractivity contribution is -0.383. The van der Waals surface area contributed by atoms with Gasteiger partial charge in [-0.25, -0.2) is 4.99 Å². The lowest BCUT2D eigenvalue weighted by Crippen LogP contribution is -2.64. The highest BCUT2D eigenvalue weighted by Crippen LogP contribution is 2.33. The van der Waals surface area contributed by atoms with Crippen molar-refractivity contribution in [2.24, 2.45) is 0 Å². The van der Waals surface area contributed by atoms with Gasteiger partial charge in [-0.2, -0.15) is 0 Å². The van der Waals surface area contributed by atoms with Crippen LogP contribution in [0.25, 0.3) is 5.57 Å². The maximum absolute atomic E-state index is 3.44. The Labute approximate surface area is 121 Å². The molecule has 20 heavy (non-hydrogen) atoms. The van der Waals surface area contributed by atoms with Gasteiger partial charge in [-0.3, -0.25) is 0 Å². The van der Waals surface area contributed by atoms with Crippen LogP contribution in [0.15, 0.2) is 34.7 Å². The van der Waals surface area contributed by atoms with Crippen LogP contribution in [0.1, 0.15) is 49.9 Å². The van der Waals surface area contributed by atoms with Crippen LogP contribution in [0.2, 0.25) is 0 Å². The number of H-pyrrole nitrogens is 1. The molecule has 0 amide bonds. The van der Waals surface area contributed by atoms with Gasteiger partial charge in [-0.1, -0.05) is 0 Å². The van der Waals surface area contributed by atoms with Crippen molar-refractivity contribution in [2.75, 3.05) is 0 Å². The fraction of sp³-hybridized carbons (Fsp3) is 0.389. The molecule has 0 saturated heterocycles. The van der Waals surface area contributed by atoms with Gasteiger partial charge in [0, 0.05) is 28.6 Å². The minimum atomic E-state index is 1.17. The number of rotatable bonds is 1. The van der Waals surface area contributed by atoms with Crippen molar-refractivity contribution in [3.05, 3.63) is 51.5 Å². The molecule has 1 aliphatic heterocycles. The van der Waals surface area contributed by atoms with Gasteiger partial charge in [0.15, 0.2) is 6.21 Å². The van der Waals surface area contributed by atoms with Gasteiger partial charge >= 0.3 is 0 Å². The Balaban J connectivity index is 2.05. The van der Waals surface area contributed by atoms with E-state index < -0.39 is 0 Å². The minimum absolute atomic E-state index is 1.17. The number of nitrogens with one attached hydrogen (secondary N) is 2. The molecule has 3 rings (SSSR count). The van der Waals surface area contributed by atoms with Gasteiger partial charge in [0.05, 0.1) is 0 Å². The number of aryl methyl sites for hydroxylation is 1. The summed E-state index contributed by atoms with van der Waals surface area (Å²) < 4.78 is 0. The van der Waals surface area contributed by atoms with Crippen molar-refractivity contribution in [1.29, 1.82) is 0 Å². The Morgan fingerprint density at radius 2 is 1.90 bits per heavy atom. The molecule has 0 fully saturated rings. The van der Waals surface area contributed by atoms with E-state index in [2.05, 4.69) is 56.2 Å². The SMILES string of the molecule is CC1=C(C)C(=C2C=C(c3[nH]cc(C)c3C)CCC2)[NH+]=C1. The van der Waals surface area contributed by atoms with Crippen LogP contribution in [0.3, 0.4) is 0 Å². The first-order valence-corrected chi connectivity index (χ1v) is 7.44. The quantitative estimate of drug-likeness (QED) is 0.783. The third-order valence-electron chi connectivity index (χ3n) is 4.68. The Morgan fingerprint density at radius 3 is 2.50 bits per heavy atom. The van der Waals surface area contributed by atoms with Crippen LogP contribution in [0, 0.1) is 13.8 Å². The Bertz CT molecular complexity index is 678. The Morgan fingerprint density at radius 1 is 1.10 bits per heavy atom. The van der Waals surface area contributed by atoms with Crippen LogP contribution in [0.5, 0.6) is 0 Å². The van der Waals surface area contributed by atoms with Crippen molar-refractivity contribution >= 4 is 11.8 Å². The molecule has 0 atom stereocenters. The van der Waals surface area contributed by atoms with E-state index in [1.54, 1.807) is 0 Å². The highest BCUT2D eigenvalue weighted by Gasteiger charge is 2.22. The van der Waals surface area contributed by atoms with E-state index in [9.17, 15) is 0 Å². The van der Waals surface area contributed by atoms with Crippen LogP contribution >= 0.6 is 0 Å². The van der Waals surface area contributed by atoms with Crippen LogP contribution in [-0.4, -0.2) is 11.2 Å². The average Bonchev–Trinajstić information content (AvgIpc) is 2.95. The summed E-state index contributed by atoms with van der Waals surface area (Å²) in [5.41, 5.74) is 11.0. The molecule has 1 aromatic rings. The smallest absolute Gasteiger partial charge is 0.210 e. The molecule has 2 heteroatoms. The predicted octanol–water partition coefficient (Wildman–Crippen LogP) is 2.95. The maximum atomic E-state index is 3.44. The summed E-state index contributed by atoms with van der Waals surface area (Å²) >= 11 is 0. The standard InChI is InChI=1S/C18H22N2/c1-11-9-19-17(13(11)3)15-6-5-7-16(8-15)18-14(4)12(2)10-20-18/h8-10,19H,5-7H2,1-4H3/p+1. The molecule has 2 N–H and O–H groups in total. The van der Waals surface area contributed by atoms with Crippen LogP contribution < -0.4 is 4.99 Å². The third kappa shape index (κ3) is 2.09. The number of aromatic nitrogens is 1. The average molecular weight is 267 g/mol. The molecule has 0 aromatic carbocycles. The summed E-state index contributed by atoms with van der Waals surface area (Å²) in [4.78, 5) is 6.89. The van der Waals surface area contributed by atoms with Gasteiger partial charge in [0.1, 0.15) is 0 Å². The maximum Gasteiger partial charge on any atom is 0.210 e. The number of hydrogen-bond donors (Lipinski definition) is 2. The predicted molar refractivity (Wildman–Crippen MR) is 84.5 cm³/mol. The second-order valence-electron chi connectivity index (χ2n) is 5.99. The number of aromatic amines is 1. The van der Waals surface area contributed by atoms with Gasteiger partial charge < -0.3 is 4.98 Å². The molecule has 0 saturated carbocycles. The summed E-state index contributed by atoms with van der Waals surface area (Å²) in [5.74, 6) is 0. The molecular formula is C18H23N2+. The van der Waals surface area contributed by atoms with Gasteiger partial charge in [0.2, 0.25) is 5.70 Å². The topological polar surface area (TPSA) is 29.8 Å². The summed E-state index contributed by atoms with van der Waals surface area (Å²) in [6.45, 7) is 8.75. The van der Waals surface area contributed by atoms with E-state index >= 15 is 0 Å². The highest BCUT2D eigenvalue weighted by atomic mass is 14.8. The molecule has 0 radical (unpaired) electrons. The van der Waals surface area contributed by atoms with Crippen LogP contribution in [-0.2, 0) is 0 Å². The first kappa shape index (κ1) is 13.2. The molecule has 0 bridgehead atoms. The van der Waals surface area contributed by atoms with Crippen molar-refractivity contribution in [2.45, 2.75) is 47.0 Å². The molecule has 1 aromatic heterocycles. The number of hydrogen-bond acceptors (Lipinski definition) is 0. The fourth-order valence-corrected chi connectivity index (χ4v) is 3.07. The normalized spacial score (nSPS) is 22.7. The van der Waals surface area contributed by atoms with Crippen LogP contribution in [0.4, 0.5) is 0 Å². The number of allylic oxidation sites excluding steroid dienone is 5. The largest absolute Gasteiger partial charge is 0.361 e. The Kier molecular flexibility index (Phi) is 3.25. The van der Waals surface area contributed by atoms with Crippen molar-refractivity contribution in [1.82, 2.24) is 4.98 Å².